The van der Waals surface area contributed by atoms with E-state index in [9.17, 15) is 0 Å². The quantitative estimate of drug-likeness (QED) is 0.124. The topological polar surface area (TPSA) is 0 Å². The number of hydrogen-bond donors (Lipinski definition) is 2. The van der Waals surface area contributed by atoms with Crippen LogP contribution in [-0.4, -0.2) is 0 Å². The first-order chi connectivity index (χ1) is 15.7. The Morgan fingerprint density at radius 1 is 0.406 bits per heavy atom. The molecule has 0 aliphatic carbocycles. The van der Waals surface area contributed by atoms with Crippen LogP contribution in [0.5, 0.6) is 0 Å². The Morgan fingerprint density at radius 2 is 0.719 bits per heavy atom. The summed E-state index contributed by atoms with van der Waals surface area (Å²) in [7, 11) is 0. The Hall–Kier alpha value is -0.500. The molecule has 0 bridgehead atoms. The molecule has 4 aromatic rings. The largest absolute Gasteiger partial charge is 0.174 e. The Balaban J connectivity index is 1.08. The van der Waals surface area contributed by atoms with E-state index in [4.69, 9.17) is 0 Å². The zero-order valence-electron chi connectivity index (χ0n) is 18.2. The molecule has 32 heavy (non-hydrogen) atoms. The average Bonchev–Trinajstić information content (AvgIpc) is 3.61. The molecule has 0 radical (unpaired) electrons. The fraction of sp³-hybridized carbons (Fsp3) is 0.385. The van der Waals surface area contributed by atoms with Gasteiger partial charge in [0.15, 0.2) is 0 Å². The van der Waals surface area contributed by atoms with Gasteiger partial charge in [-0.3, -0.25) is 0 Å². The van der Waals surface area contributed by atoms with Crippen LogP contribution in [0.15, 0.2) is 48.5 Å². The van der Waals surface area contributed by atoms with Crippen LogP contribution in [0.3, 0.4) is 0 Å². The molecule has 4 heterocycles. The van der Waals surface area contributed by atoms with Crippen LogP contribution in [0.2, 0.25) is 0 Å². The lowest BCUT2D eigenvalue weighted by Gasteiger charge is -2.01. The van der Waals surface area contributed by atoms with E-state index >= 15 is 0 Å². The lowest BCUT2D eigenvalue weighted by Crippen LogP contribution is -1.85. The van der Waals surface area contributed by atoms with Crippen molar-refractivity contribution >= 4 is 70.6 Å². The molecule has 170 valence electrons. The van der Waals surface area contributed by atoms with E-state index < -0.39 is 0 Å². The van der Waals surface area contributed by atoms with Gasteiger partial charge in [0, 0.05) is 50.5 Å². The Bertz CT molecular complexity index is 993. The SMILES string of the molecule is SCc1ccc(-c2ccc(CCCCCCCCc3ccc(-c4ccc(CS)s4)s3)s2)s1. The van der Waals surface area contributed by atoms with E-state index in [1.54, 1.807) is 0 Å². The molecule has 0 unspecified atom stereocenters. The number of thiol groups is 2. The minimum absolute atomic E-state index is 0.837. The predicted molar refractivity (Wildman–Crippen MR) is 156 cm³/mol. The molecule has 0 atom stereocenters. The molecule has 0 amide bonds. The summed E-state index contributed by atoms with van der Waals surface area (Å²) in [6.07, 6.45) is 10.5. The van der Waals surface area contributed by atoms with Gasteiger partial charge in [0.2, 0.25) is 0 Å². The van der Waals surface area contributed by atoms with Crippen molar-refractivity contribution in [2.45, 2.75) is 62.9 Å². The van der Waals surface area contributed by atoms with Gasteiger partial charge in [0.05, 0.1) is 0 Å². The molecule has 0 nitrogen and oxygen atoms in total. The average molecular weight is 535 g/mol. The Morgan fingerprint density at radius 3 is 1.06 bits per heavy atom. The maximum absolute atomic E-state index is 4.38. The van der Waals surface area contributed by atoms with Gasteiger partial charge in [-0.15, -0.1) is 45.3 Å². The van der Waals surface area contributed by atoms with Crippen molar-refractivity contribution in [2.75, 3.05) is 0 Å². The fourth-order valence-electron chi connectivity index (χ4n) is 3.79. The van der Waals surface area contributed by atoms with E-state index in [0.29, 0.717) is 0 Å². The molecule has 6 heteroatoms. The van der Waals surface area contributed by atoms with Crippen molar-refractivity contribution in [2.24, 2.45) is 0 Å². The minimum Gasteiger partial charge on any atom is -0.174 e. The summed E-state index contributed by atoms with van der Waals surface area (Å²) in [5.74, 6) is 1.67. The van der Waals surface area contributed by atoms with Gasteiger partial charge in [-0.05, 0) is 74.2 Å². The molecule has 0 aliphatic rings. The number of hydrogen-bond acceptors (Lipinski definition) is 6. The molecule has 0 aliphatic heterocycles. The van der Waals surface area contributed by atoms with E-state index in [-0.39, 0.29) is 0 Å². The summed E-state index contributed by atoms with van der Waals surface area (Å²) in [5.41, 5.74) is 0. The first-order valence-electron chi connectivity index (χ1n) is 11.3. The van der Waals surface area contributed by atoms with Gasteiger partial charge in [0.1, 0.15) is 0 Å². The number of unbranched alkanes of at least 4 members (excludes halogenated alkanes) is 5. The first kappa shape index (κ1) is 24.6. The van der Waals surface area contributed by atoms with Gasteiger partial charge in [-0.2, -0.15) is 25.3 Å². The molecular formula is C26H30S6. The lowest BCUT2D eigenvalue weighted by atomic mass is 10.1. The third kappa shape index (κ3) is 7.00. The van der Waals surface area contributed by atoms with E-state index in [1.165, 1.54) is 90.4 Å². The Labute approximate surface area is 219 Å². The maximum Gasteiger partial charge on any atom is 0.0445 e. The third-order valence-electron chi connectivity index (χ3n) is 5.54. The van der Waals surface area contributed by atoms with E-state index in [0.717, 1.165) is 11.5 Å². The number of thiophene rings is 4. The monoisotopic (exact) mass is 534 g/mol. The summed E-state index contributed by atoms with van der Waals surface area (Å²) in [4.78, 5) is 11.4. The fourth-order valence-corrected chi connectivity index (χ4v) is 8.40. The highest BCUT2D eigenvalue weighted by Gasteiger charge is 2.07. The van der Waals surface area contributed by atoms with Crippen molar-refractivity contribution < 1.29 is 0 Å². The first-order valence-corrected chi connectivity index (χ1v) is 15.9. The van der Waals surface area contributed by atoms with E-state index in [1.807, 2.05) is 45.3 Å². The second-order valence-corrected chi connectivity index (χ2v) is 13.3. The molecule has 4 rings (SSSR count). The zero-order valence-corrected chi connectivity index (χ0v) is 23.3. The normalized spacial score (nSPS) is 11.4. The van der Waals surface area contributed by atoms with Crippen LogP contribution in [0.4, 0.5) is 0 Å². The predicted octanol–water partition coefficient (Wildman–Crippen LogP) is 10.3. The third-order valence-corrected chi connectivity index (χ3v) is 11.5. The van der Waals surface area contributed by atoms with Crippen molar-refractivity contribution in [3.63, 3.8) is 0 Å². The molecule has 0 fully saturated rings. The van der Waals surface area contributed by atoms with Crippen molar-refractivity contribution in [3.8, 4) is 19.5 Å². The molecule has 0 N–H and O–H groups in total. The van der Waals surface area contributed by atoms with Crippen LogP contribution >= 0.6 is 70.6 Å². The summed E-state index contributed by atoms with van der Waals surface area (Å²) >= 11 is 16.4. The lowest BCUT2D eigenvalue weighted by molar-refractivity contribution is 0.596. The van der Waals surface area contributed by atoms with Gasteiger partial charge in [-0.1, -0.05) is 25.7 Å². The number of aryl methyl sites for hydroxylation is 2. The zero-order chi connectivity index (χ0) is 22.2. The minimum atomic E-state index is 0.837. The van der Waals surface area contributed by atoms with Crippen molar-refractivity contribution in [1.29, 1.82) is 0 Å². The highest BCUT2D eigenvalue weighted by molar-refractivity contribution is 7.79. The molecule has 0 aromatic carbocycles. The highest BCUT2D eigenvalue weighted by atomic mass is 32.1. The maximum atomic E-state index is 4.38. The highest BCUT2D eigenvalue weighted by Crippen LogP contribution is 2.35. The second kappa shape index (κ2) is 12.8. The van der Waals surface area contributed by atoms with Crippen LogP contribution < -0.4 is 0 Å². The standard InChI is InChI=1S/C26H30S6/c27-17-21-11-15-25(31-21)23-13-9-19(29-23)7-5-3-1-2-4-6-8-20-10-14-24(30-20)26-16-12-22(18-28)32-26/h9-16,27-28H,1-8,17-18H2. The van der Waals surface area contributed by atoms with Gasteiger partial charge < -0.3 is 0 Å². The van der Waals surface area contributed by atoms with Gasteiger partial charge in [-0.25, -0.2) is 0 Å². The number of rotatable bonds is 13. The van der Waals surface area contributed by atoms with Gasteiger partial charge >= 0.3 is 0 Å². The molecule has 0 spiro atoms. The second-order valence-electron chi connectivity index (χ2n) is 8.00. The van der Waals surface area contributed by atoms with E-state index in [2.05, 4.69) is 73.8 Å². The molecular weight excluding hydrogens is 505 g/mol. The van der Waals surface area contributed by atoms with Crippen molar-refractivity contribution in [1.82, 2.24) is 0 Å². The van der Waals surface area contributed by atoms with Crippen LogP contribution in [0, 0.1) is 0 Å². The van der Waals surface area contributed by atoms with Crippen LogP contribution in [0.25, 0.3) is 19.5 Å². The molecule has 0 saturated heterocycles. The molecule has 4 aromatic heterocycles. The summed E-state index contributed by atoms with van der Waals surface area (Å²) in [6, 6.07) is 18.1. The summed E-state index contributed by atoms with van der Waals surface area (Å²) < 4.78 is 0. The summed E-state index contributed by atoms with van der Waals surface area (Å²) in [6.45, 7) is 0. The van der Waals surface area contributed by atoms with Crippen molar-refractivity contribution in [3.05, 3.63) is 68.0 Å². The Kier molecular flexibility index (Phi) is 9.86. The van der Waals surface area contributed by atoms with Crippen LogP contribution in [-0.2, 0) is 24.3 Å². The smallest absolute Gasteiger partial charge is 0.0445 e. The van der Waals surface area contributed by atoms with Crippen LogP contribution in [0.1, 0.15) is 58.0 Å². The summed E-state index contributed by atoms with van der Waals surface area (Å²) in [5, 5.41) is 0. The molecule has 0 saturated carbocycles. The van der Waals surface area contributed by atoms with Gasteiger partial charge in [0.25, 0.3) is 0 Å².